The first kappa shape index (κ1) is 30.5. The molecule has 1 spiro atoms. The molecule has 1 aromatic carbocycles. The second kappa shape index (κ2) is 13.6. The van der Waals surface area contributed by atoms with Gasteiger partial charge in [-0.2, -0.15) is 0 Å². The van der Waals surface area contributed by atoms with E-state index in [2.05, 4.69) is 13.2 Å². The minimum absolute atomic E-state index is 0.0687. The number of ether oxygens (including phenoxy) is 1. The number of fused-ring (bicyclic) bond motifs is 1. The van der Waals surface area contributed by atoms with Crippen LogP contribution in [-0.2, 0) is 25.7 Å². The van der Waals surface area contributed by atoms with Crippen LogP contribution in [0.25, 0.3) is 0 Å². The highest BCUT2D eigenvalue weighted by atomic mass is 16.5. The molecule has 1 aromatic rings. The number of nitrogens with zero attached hydrogens (tertiary/aromatic N) is 3. The number of carbonyl (C=O) groups is 3. The lowest BCUT2D eigenvalue weighted by molar-refractivity contribution is -0.150. The molecular formula is C34H47N3O5. The number of rotatable bonds is 14. The number of aliphatic hydroxyl groups is 1. The SMILES string of the molecule is C=CCN(Cc1ccccc1)C(=O)[C@@H]1[C@H]2C(=O)N(CCCCCO)C(C(=O)N(CC=C)C3CCCCC3)C23CC[C@H]1O3. The third-order valence-corrected chi connectivity index (χ3v) is 9.88. The van der Waals surface area contributed by atoms with E-state index in [0.29, 0.717) is 51.9 Å². The van der Waals surface area contributed by atoms with E-state index in [9.17, 15) is 19.5 Å². The van der Waals surface area contributed by atoms with Gasteiger partial charge < -0.3 is 24.5 Å². The number of hydrogen-bond acceptors (Lipinski definition) is 5. The third-order valence-electron chi connectivity index (χ3n) is 9.88. The molecule has 8 nitrogen and oxygen atoms in total. The van der Waals surface area contributed by atoms with Crippen molar-refractivity contribution in [2.45, 2.75) is 94.5 Å². The maximum absolute atomic E-state index is 14.6. The molecule has 2 unspecified atom stereocenters. The van der Waals surface area contributed by atoms with Gasteiger partial charge in [-0.05, 0) is 50.5 Å². The minimum atomic E-state index is -1.00. The van der Waals surface area contributed by atoms with Crippen LogP contribution in [0.1, 0.15) is 69.8 Å². The number of unbranched alkanes of at least 4 members (excludes halogenated alkanes) is 2. The van der Waals surface area contributed by atoms with E-state index >= 15 is 0 Å². The van der Waals surface area contributed by atoms with Crippen molar-refractivity contribution in [3.05, 3.63) is 61.2 Å². The van der Waals surface area contributed by atoms with Crippen molar-refractivity contribution >= 4 is 17.7 Å². The first-order valence-corrected chi connectivity index (χ1v) is 15.9. The Morgan fingerprint density at radius 1 is 1.00 bits per heavy atom. The molecule has 0 radical (unpaired) electrons. The van der Waals surface area contributed by atoms with Crippen LogP contribution in [0.2, 0.25) is 0 Å². The molecule has 3 aliphatic heterocycles. The highest BCUT2D eigenvalue weighted by Crippen LogP contribution is 2.59. The summed E-state index contributed by atoms with van der Waals surface area (Å²) in [7, 11) is 0. The summed E-state index contributed by atoms with van der Waals surface area (Å²) in [4.78, 5) is 48.7. The van der Waals surface area contributed by atoms with Gasteiger partial charge in [0.15, 0.2) is 0 Å². The molecule has 1 saturated carbocycles. The van der Waals surface area contributed by atoms with Gasteiger partial charge in [-0.15, -0.1) is 13.2 Å². The van der Waals surface area contributed by atoms with Gasteiger partial charge >= 0.3 is 0 Å². The predicted molar refractivity (Wildman–Crippen MR) is 161 cm³/mol. The van der Waals surface area contributed by atoms with E-state index in [1.165, 1.54) is 6.42 Å². The van der Waals surface area contributed by atoms with E-state index in [4.69, 9.17) is 4.74 Å². The summed E-state index contributed by atoms with van der Waals surface area (Å²) in [5, 5.41) is 9.32. The summed E-state index contributed by atoms with van der Waals surface area (Å²) in [6.45, 7) is 9.55. The normalized spacial score (nSPS) is 28.5. The number of amides is 3. The van der Waals surface area contributed by atoms with Crippen molar-refractivity contribution < 1.29 is 24.2 Å². The molecule has 0 aromatic heterocycles. The van der Waals surface area contributed by atoms with Crippen LogP contribution in [0.4, 0.5) is 0 Å². The maximum Gasteiger partial charge on any atom is 0.248 e. The van der Waals surface area contributed by atoms with Gasteiger partial charge in [-0.1, -0.05) is 61.7 Å². The van der Waals surface area contributed by atoms with Crippen LogP contribution in [0.5, 0.6) is 0 Å². The first-order valence-electron chi connectivity index (χ1n) is 15.9. The summed E-state index contributed by atoms with van der Waals surface area (Å²) >= 11 is 0. The molecule has 3 saturated heterocycles. The van der Waals surface area contributed by atoms with Crippen LogP contribution in [0.3, 0.4) is 0 Å². The Labute approximate surface area is 250 Å². The van der Waals surface area contributed by atoms with E-state index in [0.717, 1.165) is 37.7 Å². The Morgan fingerprint density at radius 3 is 2.43 bits per heavy atom. The standard InChI is InChI=1S/C34H47N3O5/c1-3-20-35(24-25-14-8-5-9-15-25)31(39)28-27-18-19-34(42-27)29(28)32(40)37(22-12-7-13-23-38)30(34)33(41)36(21-4-2)26-16-10-6-11-17-26/h3-5,8-9,14-15,26-30,38H,1-2,6-7,10-13,16-24H2/t27-,28+,29+,30?,34?/m1/s1. The predicted octanol–water partition coefficient (Wildman–Crippen LogP) is 4.09. The van der Waals surface area contributed by atoms with Crippen molar-refractivity contribution in [2.24, 2.45) is 11.8 Å². The van der Waals surface area contributed by atoms with Gasteiger partial charge in [0.25, 0.3) is 0 Å². The van der Waals surface area contributed by atoms with E-state index in [1.807, 2.05) is 35.2 Å². The Kier molecular flexibility index (Phi) is 9.84. The van der Waals surface area contributed by atoms with E-state index in [1.54, 1.807) is 22.0 Å². The quantitative estimate of drug-likeness (QED) is 0.266. The molecule has 1 N–H and O–H groups in total. The Morgan fingerprint density at radius 2 is 1.74 bits per heavy atom. The van der Waals surface area contributed by atoms with Crippen LogP contribution in [-0.4, -0.2) is 87.6 Å². The monoisotopic (exact) mass is 577 g/mol. The lowest BCUT2D eigenvalue weighted by atomic mass is 9.70. The van der Waals surface area contributed by atoms with Gasteiger partial charge in [0.05, 0.1) is 17.9 Å². The first-order chi connectivity index (χ1) is 20.5. The second-order valence-electron chi connectivity index (χ2n) is 12.4. The number of aliphatic hydroxyl groups excluding tert-OH is 1. The van der Waals surface area contributed by atoms with Crippen molar-refractivity contribution in [1.29, 1.82) is 0 Å². The molecule has 42 heavy (non-hydrogen) atoms. The molecule has 3 amide bonds. The lowest BCUT2D eigenvalue weighted by Crippen LogP contribution is -2.58. The lowest BCUT2D eigenvalue weighted by Gasteiger charge is -2.40. The van der Waals surface area contributed by atoms with Gasteiger partial charge in [0.1, 0.15) is 11.6 Å². The highest BCUT2D eigenvalue weighted by molar-refractivity contribution is 5.99. The average Bonchev–Trinajstić information content (AvgIpc) is 3.65. The summed E-state index contributed by atoms with van der Waals surface area (Å²) in [6.07, 6.45) is 11.7. The molecule has 8 heteroatoms. The zero-order valence-electron chi connectivity index (χ0n) is 24.9. The topological polar surface area (TPSA) is 90.4 Å². The molecule has 4 aliphatic rings. The highest BCUT2D eigenvalue weighted by Gasteiger charge is 2.74. The number of hydrogen-bond donors (Lipinski definition) is 1. The molecule has 1 aliphatic carbocycles. The largest absolute Gasteiger partial charge is 0.396 e. The third kappa shape index (κ3) is 5.68. The summed E-state index contributed by atoms with van der Waals surface area (Å²) in [5.74, 6) is -1.63. The van der Waals surface area contributed by atoms with Crippen molar-refractivity contribution in [2.75, 3.05) is 26.2 Å². The van der Waals surface area contributed by atoms with Crippen molar-refractivity contribution in [3.63, 3.8) is 0 Å². The van der Waals surface area contributed by atoms with Crippen LogP contribution < -0.4 is 0 Å². The van der Waals surface area contributed by atoms with Gasteiger partial charge in [-0.3, -0.25) is 14.4 Å². The van der Waals surface area contributed by atoms with Crippen molar-refractivity contribution in [1.82, 2.24) is 14.7 Å². The summed E-state index contributed by atoms with van der Waals surface area (Å²) < 4.78 is 6.72. The fourth-order valence-corrected chi connectivity index (χ4v) is 8.04. The van der Waals surface area contributed by atoms with Gasteiger partial charge in [-0.25, -0.2) is 0 Å². The maximum atomic E-state index is 14.6. The molecule has 4 fully saturated rings. The molecular weight excluding hydrogens is 530 g/mol. The number of benzene rings is 1. The average molecular weight is 578 g/mol. The van der Waals surface area contributed by atoms with Gasteiger partial charge in [0.2, 0.25) is 17.7 Å². The fraction of sp³-hybridized carbons (Fsp3) is 0.618. The Hall–Kier alpha value is -2.97. The Balaban J connectivity index is 1.47. The number of carbonyl (C=O) groups excluding carboxylic acids is 3. The van der Waals surface area contributed by atoms with Crippen LogP contribution >= 0.6 is 0 Å². The minimum Gasteiger partial charge on any atom is -0.396 e. The van der Waals surface area contributed by atoms with Crippen LogP contribution in [0.15, 0.2) is 55.6 Å². The number of likely N-dealkylation sites (tertiary alicyclic amines) is 1. The van der Waals surface area contributed by atoms with E-state index < -0.39 is 23.5 Å². The van der Waals surface area contributed by atoms with E-state index in [-0.39, 0.29) is 36.5 Å². The summed E-state index contributed by atoms with van der Waals surface area (Å²) in [5.41, 5.74) is 0.00643. The molecule has 228 valence electrons. The molecule has 5 atom stereocenters. The van der Waals surface area contributed by atoms with Crippen molar-refractivity contribution in [3.8, 4) is 0 Å². The Bertz CT molecular complexity index is 1140. The van der Waals surface area contributed by atoms with Gasteiger partial charge in [0, 0.05) is 38.8 Å². The fourth-order valence-electron chi connectivity index (χ4n) is 8.04. The zero-order chi connectivity index (χ0) is 29.7. The summed E-state index contributed by atoms with van der Waals surface area (Å²) in [6, 6.07) is 9.20. The molecule has 5 rings (SSSR count). The smallest absolute Gasteiger partial charge is 0.248 e. The zero-order valence-corrected chi connectivity index (χ0v) is 24.9. The molecule has 3 heterocycles. The second-order valence-corrected chi connectivity index (χ2v) is 12.4. The molecule has 2 bridgehead atoms. The van der Waals surface area contributed by atoms with Crippen LogP contribution in [0, 0.1) is 11.8 Å².